The molecule has 1 aromatic carbocycles. The summed E-state index contributed by atoms with van der Waals surface area (Å²) in [5.41, 5.74) is 7.67. The molecule has 2 aromatic heterocycles. The Bertz CT molecular complexity index is 968. The van der Waals surface area contributed by atoms with Gasteiger partial charge in [-0.3, -0.25) is 0 Å². The highest BCUT2D eigenvalue weighted by Gasteiger charge is 2.20. The maximum absolute atomic E-state index is 12.0. The second-order valence-corrected chi connectivity index (χ2v) is 8.49. The van der Waals surface area contributed by atoms with E-state index in [1.165, 1.54) is 18.0 Å². The summed E-state index contributed by atoms with van der Waals surface area (Å²) >= 11 is 1.47. The van der Waals surface area contributed by atoms with Crippen LogP contribution >= 0.6 is 11.8 Å². The Balaban J connectivity index is 2.02. The van der Waals surface area contributed by atoms with Crippen LogP contribution in [0.5, 0.6) is 0 Å². The first-order valence-electron chi connectivity index (χ1n) is 6.79. The summed E-state index contributed by atoms with van der Waals surface area (Å²) < 4.78 is 23.9. The summed E-state index contributed by atoms with van der Waals surface area (Å²) in [5.74, 6) is 0.356. The van der Waals surface area contributed by atoms with E-state index >= 15 is 0 Å². The topological polar surface area (TPSA) is 115 Å². The minimum Gasteiger partial charge on any atom is -0.384 e. The fourth-order valence-corrected chi connectivity index (χ4v) is 4.55. The van der Waals surface area contributed by atoms with Crippen LogP contribution in [0.2, 0.25) is 0 Å². The molecule has 120 valence electrons. The highest BCUT2D eigenvalue weighted by atomic mass is 32.2. The van der Waals surface area contributed by atoms with Crippen LogP contribution in [0.15, 0.2) is 40.1 Å². The third-order valence-electron chi connectivity index (χ3n) is 3.34. The minimum atomic E-state index is -3.30. The second-order valence-electron chi connectivity index (χ2n) is 5.12. The van der Waals surface area contributed by atoms with Crippen molar-refractivity contribution < 1.29 is 8.42 Å². The number of nitrogens with zero attached hydrogens (tertiary/aromatic N) is 3. The van der Waals surface area contributed by atoms with Gasteiger partial charge in [0.25, 0.3) is 0 Å². The molecule has 1 unspecified atom stereocenters. The number of nitrogens with two attached hydrogens (primary N) is 1. The van der Waals surface area contributed by atoms with Crippen molar-refractivity contribution in [3.8, 4) is 0 Å². The number of rotatable bonds is 4. The van der Waals surface area contributed by atoms with Gasteiger partial charge in [0, 0.05) is 16.4 Å². The quantitative estimate of drug-likeness (QED) is 0.694. The van der Waals surface area contributed by atoms with E-state index in [2.05, 4.69) is 20.4 Å². The number of nitrogens with one attached hydrogen (secondary N) is 1. The molecule has 3 aromatic rings. The first-order valence-corrected chi connectivity index (χ1v) is 9.56. The van der Waals surface area contributed by atoms with Gasteiger partial charge >= 0.3 is 0 Å². The number of pyridine rings is 1. The summed E-state index contributed by atoms with van der Waals surface area (Å²) in [6, 6.07) is 8.70. The molecule has 0 saturated carbocycles. The fourth-order valence-electron chi connectivity index (χ4n) is 2.33. The van der Waals surface area contributed by atoms with Gasteiger partial charge in [0.15, 0.2) is 15.5 Å². The van der Waals surface area contributed by atoms with Crippen LogP contribution in [0, 0.1) is 0 Å². The standard InChI is InChI=1S/C14H15N5O2S2/c1-8(9-5-3-4-6-11(9)23(2,20)21)22-10-7-12(15)16-14-13(10)17-19-18-14/h3-8H,1-2H3,(H3,15,16,17,18,19). The average Bonchev–Trinajstić information content (AvgIpc) is 2.94. The number of fused-ring (bicyclic) bond motifs is 1. The van der Waals surface area contributed by atoms with Gasteiger partial charge in [0.2, 0.25) is 0 Å². The van der Waals surface area contributed by atoms with E-state index in [9.17, 15) is 8.42 Å². The molecule has 1 atom stereocenters. The number of thioether (sulfide) groups is 1. The van der Waals surface area contributed by atoms with Crippen LogP contribution in [0.1, 0.15) is 17.7 Å². The lowest BCUT2D eigenvalue weighted by molar-refractivity contribution is 0.600. The predicted octanol–water partition coefficient (Wildman–Crippen LogP) is 2.19. The van der Waals surface area contributed by atoms with Crippen LogP contribution in [-0.4, -0.2) is 35.1 Å². The summed E-state index contributed by atoms with van der Waals surface area (Å²) in [4.78, 5) is 5.26. The lowest BCUT2D eigenvalue weighted by atomic mass is 10.2. The number of benzene rings is 1. The molecule has 2 heterocycles. The molecule has 9 heteroatoms. The SMILES string of the molecule is CC(Sc1cc(N)nc2[nH]nnc12)c1ccccc1S(C)(=O)=O. The number of hydrogen-bond donors (Lipinski definition) is 2. The number of sulfone groups is 1. The number of H-pyrrole nitrogens is 1. The maximum atomic E-state index is 12.0. The highest BCUT2D eigenvalue weighted by molar-refractivity contribution is 7.99. The molecule has 23 heavy (non-hydrogen) atoms. The number of aromatic amines is 1. The zero-order valence-corrected chi connectivity index (χ0v) is 14.1. The molecular formula is C14H15N5O2S2. The van der Waals surface area contributed by atoms with Crippen molar-refractivity contribution in [3.63, 3.8) is 0 Å². The molecule has 3 N–H and O–H groups in total. The van der Waals surface area contributed by atoms with Crippen molar-refractivity contribution in [2.45, 2.75) is 22.0 Å². The minimum absolute atomic E-state index is 0.109. The monoisotopic (exact) mass is 349 g/mol. The van der Waals surface area contributed by atoms with E-state index in [1.807, 2.05) is 19.1 Å². The third kappa shape index (κ3) is 3.15. The van der Waals surface area contributed by atoms with Gasteiger partial charge in [-0.15, -0.1) is 16.9 Å². The first kappa shape index (κ1) is 15.8. The van der Waals surface area contributed by atoms with Crippen molar-refractivity contribution in [1.82, 2.24) is 20.4 Å². The average molecular weight is 349 g/mol. The summed E-state index contributed by atoms with van der Waals surface area (Å²) in [6.45, 7) is 1.94. The van der Waals surface area contributed by atoms with Crippen LogP contribution in [0.25, 0.3) is 11.2 Å². The van der Waals surface area contributed by atoms with Crippen molar-refractivity contribution in [2.24, 2.45) is 0 Å². The number of aromatic nitrogens is 4. The van der Waals surface area contributed by atoms with E-state index in [0.717, 1.165) is 10.5 Å². The molecule has 0 radical (unpaired) electrons. The normalized spacial score (nSPS) is 13.3. The van der Waals surface area contributed by atoms with Gasteiger partial charge in [-0.25, -0.2) is 18.5 Å². The Labute approximate surface area is 137 Å². The van der Waals surface area contributed by atoms with Crippen molar-refractivity contribution >= 4 is 38.6 Å². The zero-order chi connectivity index (χ0) is 16.6. The molecule has 0 fully saturated rings. The predicted molar refractivity (Wildman–Crippen MR) is 89.9 cm³/mol. The van der Waals surface area contributed by atoms with Gasteiger partial charge in [0.05, 0.1) is 4.90 Å². The van der Waals surface area contributed by atoms with Crippen LogP contribution in [0.4, 0.5) is 5.82 Å². The molecule has 0 aliphatic rings. The molecule has 0 aliphatic heterocycles. The molecule has 0 saturated heterocycles. The molecule has 0 spiro atoms. The smallest absolute Gasteiger partial charge is 0.179 e. The van der Waals surface area contributed by atoms with Gasteiger partial charge < -0.3 is 5.73 Å². The highest BCUT2D eigenvalue weighted by Crippen LogP contribution is 2.39. The van der Waals surface area contributed by atoms with Gasteiger partial charge in [-0.2, -0.15) is 0 Å². The number of nitrogen functional groups attached to an aromatic ring is 1. The lowest BCUT2D eigenvalue weighted by Crippen LogP contribution is -2.03. The molecule has 0 amide bonds. The largest absolute Gasteiger partial charge is 0.384 e. The molecule has 0 aliphatic carbocycles. The summed E-state index contributed by atoms with van der Waals surface area (Å²) in [7, 11) is -3.30. The maximum Gasteiger partial charge on any atom is 0.179 e. The van der Waals surface area contributed by atoms with Crippen LogP contribution in [0.3, 0.4) is 0 Å². The van der Waals surface area contributed by atoms with E-state index in [4.69, 9.17) is 5.73 Å². The van der Waals surface area contributed by atoms with E-state index in [-0.39, 0.29) is 5.25 Å². The van der Waals surface area contributed by atoms with Crippen molar-refractivity contribution in [3.05, 3.63) is 35.9 Å². The first-order chi connectivity index (χ1) is 10.9. The van der Waals surface area contributed by atoms with Crippen molar-refractivity contribution in [2.75, 3.05) is 12.0 Å². The Morgan fingerprint density at radius 1 is 1.30 bits per heavy atom. The van der Waals surface area contributed by atoms with E-state index in [1.54, 1.807) is 18.2 Å². The van der Waals surface area contributed by atoms with Gasteiger partial charge in [0.1, 0.15) is 11.3 Å². The number of anilines is 1. The molecule has 7 nitrogen and oxygen atoms in total. The van der Waals surface area contributed by atoms with Crippen LogP contribution in [-0.2, 0) is 9.84 Å². The van der Waals surface area contributed by atoms with Gasteiger partial charge in [-0.1, -0.05) is 23.4 Å². The van der Waals surface area contributed by atoms with Crippen molar-refractivity contribution in [1.29, 1.82) is 0 Å². The van der Waals surface area contributed by atoms with E-state index < -0.39 is 9.84 Å². The Hall–Kier alpha value is -2.13. The second kappa shape index (κ2) is 5.82. The summed E-state index contributed by atoms with van der Waals surface area (Å²) in [5, 5.41) is 10.3. The summed E-state index contributed by atoms with van der Waals surface area (Å²) in [6.07, 6.45) is 1.21. The Morgan fingerprint density at radius 2 is 2.04 bits per heavy atom. The number of hydrogen-bond acceptors (Lipinski definition) is 7. The fraction of sp³-hybridized carbons (Fsp3) is 0.214. The Morgan fingerprint density at radius 3 is 2.78 bits per heavy atom. The van der Waals surface area contributed by atoms with Crippen LogP contribution < -0.4 is 5.73 Å². The van der Waals surface area contributed by atoms with E-state index in [0.29, 0.717) is 21.9 Å². The Kier molecular flexibility index (Phi) is 3.99. The molecule has 3 rings (SSSR count). The molecule has 0 bridgehead atoms. The molecular weight excluding hydrogens is 334 g/mol. The zero-order valence-electron chi connectivity index (χ0n) is 12.5. The lowest BCUT2D eigenvalue weighted by Gasteiger charge is -2.15. The van der Waals surface area contributed by atoms with Gasteiger partial charge in [-0.05, 0) is 24.6 Å². The third-order valence-corrected chi connectivity index (χ3v) is 5.69.